The molecule has 0 aliphatic rings. The van der Waals surface area contributed by atoms with Crippen LogP contribution in [-0.2, 0) is 13.2 Å². The van der Waals surface area contributed by atoms with Gasteiger partial charge in [0.15, 0.2) is 0 Å². The second kappa shape index (κ2) is 8.27. The number of rotatable bonds is 6. The molecule has 0 radical (unpaired) electrons. The van der Waals surface area contributed by atoms with Gasteiger partial charge in [-0.3, -0.25) is 9.78 Å². The minimum atomic E-state index is -0.197. The molecule has 5 nitrogen and oxygen atoms in total. The maximum Gasteiger partial charge on any atom is 0.251 e. The molecule has 2 aromatic carbocycles. The summed E-state index contributed by atoms with van der Waals surface area (Å²) < 4.78 is 5.39. The molecule has 0 saturated heterocycles. The summed E-state index contributed by atoms with van der Waals surface area (Å²) in [4.78, 5) is 16.9. The predicted molar refractivity (Wildman–Crippen MR) is 99.8 cm³/mol. The average molecular weight is 348 g/mol. The lowest BCUT2D eigenvalue weighted by molar-refractivity contribution is 0.0950. The zero-order valence-electron chi connectivity index (χ0n) is 14.5. The fraction of sp³-hybridized carbons (Fsp3) is 0.143. The third-order valence-corrected chi connectivity index (χ3v) is 4.13. The molecule has 132 valence electrons. The van der Waals surface area contributed by atoms with Gasteiger partial charge in [0.25, 0.3) is 5.91 Å². The number of nitrogens with one attached hydrogen (secondary N) is 1. The molecular formula is C21H20N2O3. The van der Waals surface area contributed by atoms with E-state index in [-0.39, 0.29) is 12.5 Å². The highest BCUT2D eigenvalue weighted by atomic mass is 16.5. The van der Waals surface area contributed by atoms with Crippen molar-refractivity contribution in [3.8, 4) is 17.0 Å². The van der Waals surface area contributed by atoms with E-state index in [2.05, 4.69) is 10.3 Å². The summed E-state index contributed by atoms with van der Waals surface area (Å²) in [6.07, 6.45) is 1.70. The Kier molecular flexibility index (Phi) is 5.61. The number of pyridine rings is 1. The molecule has 3 aromatic rings. The Morgan fingerprint density at radius 3 is 2.54 bits per heavy atom. The van der Waals surface area contributed by atoms with E-state index in [4.69, 9.17) is 4.74 Å². The second-order valence-corrected chi connectivity index (χ2v) is 5.74. The van der Waals surface area contributed by atoms with E-state index < -0.39 is 0 Å². The third kappa shape index (κ3) is 3.90. The van der Waals surface area contributed by atoms with Crippen molar-refractivity contribution < 1.29 is 14.6 Å². The number of ether oxygens (including phenoxy) is 1. The minimum Gasteiger partial charge on any atom is -0.496 e. The fourth-order valence-electron chi connectivity index (χ4n) is 2.73. The van der Waals surface area contributed by atoms with Crippen LogP contribution in [0.4, 0.5) is 0 Å². The second-order valence-electron chi connectivity index (χ2n) is 5.74. The van der Waals surface area contributed by atoms with E-state index in [1.165, 1.54) is 0 Å². The summed E-state index contributed by atoms with van der Waals surface area (Å²) in [5, 5.41) is 12.3. The van der Waals surface area contributed by atoms with Crippen molar-refractivity contribution in [2.24, 2.45) is 0 Å². The molecule has 2 N–H and O–H groups in total. The van der Waals surface area contributed by atoms with Gasteiger partial charge < -0.3 is 15.2 Å². The zero-order chi connectivity index (χ0) is 18.4. The molecule has 0 aliphatic heterocycles. The molecule has 0 bridgehead atoms. The van der Waals surface area contributed by atoms with Gasteiger partial charge in [0, 0.05) is 23.9 Å². The van der Waals surface area contributed by atoms with Crippen LogP contribution in [0.15, 0.2) is 66.9 Å². The summed E-state index contributed by atoms with van der Waals surface area (Å²) in [5.41, 5.74) is 3.72. The maximum absolute atomic E-state index is 12.6. The number of carbonyl (C=O) groups is 1. The molecule has 0 unspecified atom stereocenters. The number of carbonyl (C=O) groups excluding carboxylic acids is 1. The average Bonchev–Trinajstić information content (AvgIpc) is 2.72. The van der Waals surface area contributed by atoms with Gasteiger partial charge >= 0.3 is 0 Å². The minimum absolute atomic E-state index is 0.0571. The first-order chi connectivity index (χ1) is 12.7. The summed E-state index contributed by atoms with van der Waals surface area (Å²) >= 11 is 0. The fourth-order valence-corrected chi connectivity index (χ4v) is 2.73. The number of benzene rings is 2. The van der Waals surface area contributed by atoms with Crippen LogP contribution in [0, 0.1) is 0 Å². The zero-order valence-corrected chi connectivity index (χ0v) is 14.5. The Bertz CT molecular complexity index is 895. The highest BCUT2D eigenvalue weighted by molar-refractivity contribution is 5.96. The van der Waals surface area contributed by atoms with Gasteiger partial charge in [-0.1, -0.05) is 30.3 Å². The molecule has 0 aliphatic carbocycles. The molecular weight excluding hydrogens is 328 g/mol. The van der Waals surface area contributed by atoms with Gasteiger partial charge in [-0.25, -0.2) is 0 Å². The molecule has 3 rings (SSSR count). The van der Waals surface area contributed by atoms with Crippen molar-refractivity contribution in [3.63, 3.8) is 0 Å². The molecule has 5 heteroatoms. The Morgan fingerprint density at radius 1 is 1.08 bits per heavy atom. The number of aromatic nitrogens is 1. The summed E-state index contributed by atoms with van der Waals surface area (Å²) in [7, 11) is 1.59. The van der Waals surface area contributed by atoms with Crippen molar-refractivity contribution in [3.05, 3.63) is 83.6 Å². The van der Waals surface area contributed by atoms with E-state index in [0.29, 0.717) is 17.9 Å². The van der Waals surface area contributed by atoms with Crippen LogP contribution in [0.25, 0.3) is 11.3 Å². The quantitative estimate of drug-likeness (QED) is 0.718. The van der Waals surface area contributed by atoms with E-state index in [1.54, 1.807) is 31.5 Å². The van der Waals surface area contributed by atoms with Crippen LogP contribution in [0.5, 0.6) is 5.75 Å². The maximum atomic E-state index is 12.6. The first-order valence-electron chi connectivity index (χ1n) is 8.28. The Balaban J connectivity index is 1.82. The molecule has 1 amide bonds. The highest BCUT2D eigenvalue weighted by Gasteiger charge is 2.13. The van der Waals surface area contributed by atoms with Crippen LogP contribution in [0.1, 0.15) is 21.5 Å². The number of methoxy groups -OCH3 is 1. The van der Waals surface area contributed by atoms with E-state index in [9.17, 15) is 9.90 Å². The molecule has 0 saturated carbocycles. The van der Waals surface area contributed by atoms with Crippen LogP contribution < -0.4 is 10.1 Å². The lowest BCUT2D eigenvalue weighted by atomic mass is 10.0. The normalized spacial score (nSPS) is 10.4. The van der Waals surface area contributed by atoms with Crippen molar-refractivity contribution in [2.45, 2.75) is 13.2 Å². The standard InChI is InChI=1S/C21H20N2O3/c1-26-20-10-9-15(12-18(20)19-8-4-5-11-22-19)21(25)23-13-16-6-2-3-7-17(16)14-24/h2-12,24H,13-14H2,1H3,(H,23,25). The predicted octanol–water partition coefficient (Wildman–Crippen LogP) is 3.18. The number of aliphatic hydroxyl groups excluding tert-OH is 1. The van der Waals surface area contributed by atoms with Gasteiger partial charge in [0.1, 0.15) is 5.75 Å². The largest absolute Gasteiger partial charge is 0.496 e. The van der Waals surface area contributed by atoms with Crippen molar-refractivity contribution >= 4 is 5.91 Å². The highest BCUT2D eigenvalue weighted by Crippen LogP contribution is 2.29. The summed E-state index contributed by atoms with van der Waals surface area (Å²) in [5.74, 6) is 0.462. The Morgan fingerprint density at radius 2 is 1.85 bits per heavy atom. The van der Waals surface area contributed by atoms with Crippen molar-refractivity contribution in [1.82, 2.24) is 10.3 Å². The number of nitrogens with zero attached hydrogens (tertiary/aromatic N) is 1. The van der Waals surface area contributed by atoms with Crippen LogP contribution in [-0.4, -0.2) is 23.1 Å². The van der Waals surface area contributed by atoms with Gasteiger partial charge in [0.2, 0.25) is 0 Å². The molecule has 0 spiro atoms. The monoisotopic (exact) mass is 348 g/mol. The lowest BCUT2D eigenvalue weighted by Gasteiger charge is -2.12. The number of hydrogen-bond acceptors (Lipinski definition) is 4. The summed E-state index contributed by atoms with van der Waals surface area (Å²) in [6, 6.07) is 18.3. The molecule has 0 fully saturated rings. The first kappa shape index (κ1) is 17.6. The van der Waals surface area contributed by atoms with E-state index >= 15 is 0 Å². The Labute approximate surface area is 152 Å². The number of amides is 1. The van der Waals surface area contributed by atoms with Gasteiger partial charge in [-0.15, -0.1) is 0 Å². The van der Waals surface area contributed by atoms with Crippen molar-refractivity contribution in [2.75, 3.05) is 7.11 Å². The third-order valence-electron chi connectivity index (χ3n) is 4.13. The molecule has 26 heavy (non-hydrogen) atoms. The topological polar surface area (TPSA) is 71.5 Å². The van der Waals surface area contributed by atoms with Gasteiger partial charge in [0.05, 0.1) is 19.4 Å². The number of aliphatic hydroxyl groups is 1. The van der Waals surface area contributed by atoms with Crippen LogP contribution in [0.2, 0.25) is 0 Å². The molecule has 1 heterocycles. The summed E-state index contributed by atoms with van der Waals surface area (Å²) in [6.45, 7) is 0.291. The molecule has 1 aromatic heterocycles. The van der Waals surface area contributed by atoms with Gasteiger partial charge in [-0.2, -0.15) is 0 Å². The van der Waals surface area contributed by atoms with Crippen molar-refractivity contribution in [1.29, 1.82) is 0 Å². The van der Waals surface area contributed by atoms with E-state index in [1.807, 2.05) is 42.5 Å². The lowest BCUT2D eigenvalue weighted by Crippen LogP contribution is -2.23. The van der Waals surface area contributed by atoms with Crippen LogP contribution in [0.3, 0.4) is 0 Å². The smallest absolute Gasteiger partial charge is 0.251 e. The number of hydrogen-bond donors (Lipinski definition) is 2. The van der Waals surface area contributed by atoms with Gasteiger partial charge in [-0.05, 0) is 41.5 Å². The Hall–Kier alpha value is -3.18. The van der Waals surface area contributed by atoms with Crippen LogP contribution >= 0.6 is 0 Å². The molecule has 0 atom stereocenters. The van der Waals surface area contributed by atoms with E-state index in [0.717, 1.165) is 22.4 Å². The SMILES string of the molecule is COc1ccc(C(=O)NCc2ccccc2CO)cc1-c1ccccn1. The first-order valence-corrected chi connectivity index (χ1v) is 8.28.